The van der Waals surface area contributed by atoms with Crippen LogP contribution in [0.15, 0.2) is 12.7 Å². The van der Waals surface area contributed by atoms with Gasteiger partial charge in [-0.05, 0) is 0 Å². The zero-order valence-electron chi connectivity index (χ0n) is 5.75. The van der Waals surface area contributed by atoms with Gasteiger partial charge in [0.1, 0.15) is 0 Å². The van der Waals surface area contributed by atoms with Crippen LogP contribution in [0, 0.1) is 0 Å². The van der Waals surface area contributed by atoms with E-state index in [-0.39, 0.29) is 6.10 Å². The monoisotopic (exact) mass is 394 g/mol. The molecule has 0 saturated carbocycles. The molecule has 0 aromatic heterocycles. The minimum absolute atomic E-state index is 0.137. The van der Waals surface area contributed by atoms with Gasteiger partial charge in [-0.1, -0.05) is 0 Å². The first-order chi connectivity index (χ1) is 4.86. The predicted molar refractivity (Wildman–Crippen MR) is 38.3 cm³/mol. The van der Waals surface area contributed by atoms with Gasteiger partial charge in [-0.25, -0.2) is 0 Å². The molecule has 0 N–H and O–H groups in total. The van der Waals surface area contributed by atoms with Gasteiger partial charge in [0, 0.05) is 0 Å². The van der Waals surface area contributed by atoms with Crippen LogP contribution in [0.25, 0.3) is 0 Å². The molecule has 4 heteroatoms. The quantitative estimate of drug-likeness (QED) is 0.415. The molecular weight excluding hydrogens is 385 g/mol. The van der Waals surface area contributed by atoms with Crippen LogP contribution in [0.1, 0.15) is 6.42 Å². The van der Waals surface area contributed by atoms with Crippen molar-refractivity contribution in [1.82, 2.24) is 0 Å². The molecule has 2 atom stereocenters. The zero-order valence-corrected chi connectivity index (χ0v) is 12.8. The first-order valence-corrected chi connectivity index (χ1v) is 19.2. The molecule has 10 heavy (non-hydrogen) atoms. The van der Waals surface area contributed by atoms with Gasteiger partial charge >= 0.3 is 79.0 Å². The number of hydrogen-bond donors (Lipinski definition) is 0. The molecule has 0 spiro atoms. The van der Waals surface area contributed by atoms with Crippen LogP contribution in [-0.4, -0.2) is 12.2 Å². The maximum atomic E-state index is 5.05. The van der Waals surface area contributed by atoms with E-state index in [1.54, 1.807) is 6.08 Å². The third kappa shape index (κ3) is 2.60. The van der Waals surface area contributed by atoms with Gasteiger partial charge in [0.05, 0.1) is 0 Å². The second kappa shape index (κ2) is 4.85. The topological polar surface area (TPSA) is 18.5 Å². The Morgan fingerprint density at radius 1 is 1.70 bits per heavy atom. The van der Waals surface area contributed by atoms with Gasteiger partial charge in [0.25, 0.3) is 0 Å². The second-order valence-electron chi connectivity index (χ2n) is 2.30. The summed E-state index contributed by atoms with van der Waals surface area (Å²) in [6.45, 7) is 3.64. The SMILES string of the molecule is C=C[C@H]1C[C@@H]([CH2][Hg][Br])OO1. The molecule has 1 heterocycles. The van der Waals surface area contributed by atoms with Crippen LogP contribution in [-0.2, 0) is 31.9 Å². The fraction of sp³-hybridized carbons (Fsp3) is 0.667. The summed E-state index contributed by atoms with van der Waals surface area (Å²) in [4.78, 5) is 10.0. The minimum atomic E-state index is -0.694. The van der Waals surface area contributed by atoms with Crippen molar-refractivity contribution in [3.05, 3.63) is 12.7 Å². The normalized spacial score (nSPS) is 31.7. The van der Waals surface area contributed by atoms with Crippen LogP contribution < -0.4 is 0 Å². The Labute approximate surface area is 78.6 Å². The Morgan fingerprint density at radius 3 is 3.00 bits per heavy atom. The zero-order chi connectivity index (χ0) is 7.40. The van der Waals surface area contributed by atoms with E-state index in [4.69, 9.17) is 9.78 Å². The van der Waals surface area contributed by atoms with Gasteiger partial charge in [-0.2, -0.15) is 0 Å². The molecule has 1 aliphatic heterocycles. The van der Waals surface area contributed by atoms with Gasteiger partial charge in [-0.3, -0.25) is 0 Å². The molecule has 1 aliphatic rings. The Morgan fingerprint density at radius 2 is 2.50 bits per heavy atom. The van der Waals surface area contributed by atoms with Crippen molar-refractivity contribution >= 4 is 11.9 Å². The maximum absolute atomic E-state index is 5.05. The summed E-state index contributed by atoms with van der Waals surface area (Å²) >= 11 is 2.87. The Kier molecular flexibility index (Phi) is 4.45. The van der Waals surface area contributed by atoms with Gasteiger partial charge in [-0.15, -0.1) is 0 Å². The van der Waals surface area contributed by atoms with E-state index in [9.17, 15) is 0 Å². The fourth-order valence-corrected chi connectivity index (χ4v) is 7.63. The van der Waals surface area contributed by atoms with Crippen molar-refractivity contribution in [3.8, 4) is 0 Å². The Hall–Kier alpha value is 1.08. The summed E-state index contributed by atoms with van der Waals surface area (Å²) in [5.74, 6) is 0. The van der Waals surface area contributed by atoms with Crippen LogP contribution in [0.2, 0.25) is 3.93 Å². The molecule has 0 aromatic rings. The van der Waals surface area contributed by atoms with Crippen LogP contribution in [0.3, 0.4) is 0 Å². The molecule has 0 amide bonds. The Balaban J connectivity index is 2.21. The van der Waals surface area contributed by atoms with E-state index in [1.807, 2.05) is 0 Å². The molecule has 1 saturated heterocycles. The molecule has 2 nitrogen and oxygen atoms in total. The Bertz CT molecular complexity index is 120. The molecule has 0 aromatic carbocycles. The summed E-state index contributed by atoms with van der Waals surface area (Å²) < 4.78 is 1.23. The van der Waals surface area contributed by atoms with E-state index in [2.05, 4.69) is 18.5 Å². The first-order valence-electron chi connectivity index (χ1n) is 3.37. The van der Waals surface area contributed by atoms with Crippen molar-refractivity contribution in [2.75, 3.05) is 0 Å². The molecular formula is C6H9BrHgO2. The third-order valence-corrected chi connectivity index (χ3v) is 8.87. The predicted octanol–water partition coefficient (Wildman–Crippen LogP) is 2.07. The van der Waals surface area contributed by atoms with Gasteiger partial charge in [0.15, 0.2) is 0 Å². The molecule has 0 radical (unpaired) electrons. The van der Waals surface area contributed by atoms with Crippen LogP contribution in [0.5, 0.6) is 0 Å². The summed E-state index contributed by atoms with van der Waals surface area (Å²) in [6, 6.07) is 0. The van der Waals surface area contributed by atoms with E-state index in [0.717, 1.165) is 6.42 Å². The van der Waals surface area contributed by atoms with Crippen LogP contribution in [0.4, 0.5) is 0 Å². The number of hydrogen-bond acceptors (Lipinski definition) is 2. The first kappa shape index (κ1) is 9.17. The van der Waals surface area contributed by atoms with Crippen molar-refractivity contribution in [2.24, 2.45) is 0 Å². The fourth-order valence-electron chi connectivity index (χ4n) is 0.911. The molecule has 1 rings (SSSR count). The number of halogens is 1. The van der Waals surface area contributed by atoms with Crippen LogP contribution >= 0.6 is 11.9 Å². The van der Waals surface area contributed by atoms with Gasteiger partial charge < -0.3 is 0 Å². The standard InChI is InChI=1S/C6H9O2.BrH.Hg/c1-3-6-4-5(2)7-8-6;;/h3,5-6H,1-2,4H2;1H;/q;;+1/p-1/t5-,6+;;/m1../s1. The molecule has 54 valence electrons. The van der Waals surface area contributed by atoms with E-state index >= 15 is 0 Å². The van der Waals surface area contributed by atoms with Crippen molar-refractivity contribution in [3.63, 3.8) is 0 Å². The van der Waals surface area contributed by atoms with E-state index in [0.29, 0.717) is 6.10 Å². The summed E-state index contributed by atoms with van der Waals surface area (Å²) in [6.07, 6.45) is 3.28. The third-order valence-electron chi connectivity index (χ3n) is 1.50. The molecule has 0 unspecified atom stereocenters. The molecule has 0 aliphatic carbocycles. The summed E-state index contributed by atoms with van der Waals surface area (Å²) in [5, 5.41) is 0. The van der Waals surface area contributed by atoms with Crippen molar-refractivity contribution in [1.29, 1.82) is 0 Å². The van der Waals surface area contributed by atoms with Crippen molar-refractivity contribution < 1.29 is 31.9 Å². The van der Waals surface area contributed by atoms with E-state index in [1.165, 1.54) is 3.93 Å². The molecule has 1 fully saturated rings. The average molecular weight is 394 g/mol. The second-order valence-corrected chi connectivity index (χ2v) is 13.0. The molecule has 0 bridgehead atoms. The van der Waals surface area contributed by atoms with Gasteiger partial charge in [0.2, 0.25) is 0 Å². The van der Waals surface area contributed by atoms with E-state index < -0.39 is 22.1 Å². The average Bonchev–Trinajstić information content (AvgIpc) is 2.37. The van der Waals surface area contributed by atoms with Crippen molar-refractivity contribution in [2.45, 2.75) is 22.6 Å². The summed E-state index contributed by atoms with van der Waals surface area (Å²) in [5.41, 5.74) is 0. The number of rotatable bonds is 3. The summed E-state index contributed by atoms with van der Waals surface area (Å²) in [7, 11) is 0.